The van der Waals surface area contributed by atoms with Gasteiger partial charge in [0.1, 0.15) is 0 Å². The Morgan fingerprint density at radius 3 is 2.33 bits per heavy atom. The largest absolute Gasteiger partial charge is 0.295 e. The van der Waals surface area contributed by atoms with Crippen molar-refractivity contribution in [1.29, 1.82) is 0 Å². The molecule has 0 aliphatic rings. The molecule has 0 aliphatic heterocycles. The lowest BCUT2D eigenvalue weighted by atomic mass is 10.1. The fourth-order valence-corrected chi connectivity index (χ4v) is 2.30. The van der Waals surface area contributed by atoms with E-state index in [9.17, 15) is 4.79 Å². The number of hydrogen-bond acceptors (Lipinski definition) is 1. The maximum Gasteiger partial charge on any atom is 0.157 e. The van der Waals surface area contributed by atoms with Crippen molar-refractivity contribution in [3.8, 4) is 0 Å². The lowest BCUT2D eigenvalue weighted by molar-refractivity contribution is -0.115. The normalized spacial score (nSPS) is 11.3. The molecule has 0 saturated heterocycles. The molecule has 0 radical (unpaired) electrons. The molecular formula is C9H17ClOSi. The molecule has 0 fully saturated rings. The monoisotopic (exact) mass is 204 g/mol. The summed E-state index contributed by atoms with van der Waals surface area (Å²) in [6.45, 7) is 9.55. The van der Waals surface area contributed by atoms with E-state index in [4.69, 9.17) is 11.1 Å². The van der Waals surface area contributed by atoms with Gasteiger partial charge in [-0.25, -0.2) is 0 Å². The molecule has 0 spiro atoms. The number of carbonyl (C=O) groups excluding carboxylic acids is 1. The first-order valence-electron chi connectivity index (χ1n) is 4.20. The Bertz CT molecular complexity index is 181. The number of Topliss-reactive ketones (excluding diaryl/α,β-unsaturated/α-hetero) is 1. The number of rotatable bonds is 5. The van der Waals surface area contributed by atoms with Crippen LogP contribution >= 0.6 is 11.1 Å². The molecule has 0 aliphatic carbocycles. The van der Waals surface area contributed by atoms with Crippen LogP contribution in [0.3, 0.4) is 0 Å². The van der Waals surface area contributed by atoms with Crippen LogP contribution in [0.4, 0.5) is 0 Å². The molecule has 0 heterocycles. The van der Waals surface area contributed by atoms with Gasteiger partial charge in [0.25, 0.3) is 0 Å². The maximum atomic E-state index is 11.1. The predicted molar refractivity (Wildman–Crippen MR) is 57.2 cm³/mol. The molecule has 0 saturated carbocycles. The summed E-state index contributed by atoms with van der Waals surface area (Å²) < 4.78 is 0. The molecule has 0 unspecified atom stereocenters. The lowest BCUT2D eigenvalue weighted by Crippen LogP contribution is -2.15. The molecule has 70 valence electrons. The second-order valence-corrected chi connectivity index (χ2v) is 10.8. The van der Waals surface area contributed by atoms with Crippen LogP contribution in [0.15, 0.2) is 12.2 Å². The van der Waals surface area contributed by atoms with E-state index >= 15 is 0 Å². The molecule has 1 nitrogen and oxygen atoms in total. The second-order valence-electron chi connectivity index (χ2n) is 3.78. The minimum atomic E-state index is -1.47. The van der Waals surface area contributed by atoms with Crippen molar-refractivity contribution in [3.63, 3.8) is 0 Å². The Morgan fingerprint density at radius 2 is 2.00 bits per heavy atom. The fraction of sp³-hybridized carbons (Fsp3) is 0.667. The minimum absolute atomic E-state index is 0.171. The third-order valence-electron chi connectivity index (χ3n) is 1.65. The van der Waals surface area contributed by atoms with Crippen LogP contribution in [0.25, 0.3) is 0 Å². The van der Waals surface area contributed by atoms with Crippen LogP contribution in [0.1, 0.15) is 19.8 Å². The van der Waals surface area contributed by atoms with Gasteiger partial charge in [-0.3, -0.25) is 4.79 Å². The molecule has 0 aromatic heterocycles. The SMILES string of the molecule is C=C(C)C(=O)CCC[Si](C)(C)Cl. The first kappa shape index (κ1) is 11.9. The molecule has 0 rings (SSSR count). The Labute approximate surface area is 80.5 Å². The predicted octanol–water partition coefficient (Wildman–Crippen LogP) is 3.36. The van der Waals surface area contributed by atoms with Crippen molar-refractivity contribution >= 4 is 24.2 Å². The summed E-state index contributed by atoms with van der Waals surface area (Å²) in [6.07, 6.45) is 1.52. The minimum Gasteiger partial charge on any atom is -0.295 e. The highest BCUT2D eigenvalue weighted by molar-refractivity contribution is 7.19. The van der Waals surface area contributed by atoms with Crippen molar-refractivity contribution in [2.45, 2.75) is 38.9 Å². The van der Waals surface area contributed by atoms with Gasteiger partial charge in [-0.2, -0.15) is 11.1 Å². The van der Waals surface area contributed by atoms with Gasteiger partial charge >= 0.3 is 0 Å². The van der Waals surface area contributed by atoms with Crippen LogP contribution in [0.5, 0.6) is 0 Å². The van der Waals surface area contributed by atoms with Crippen molar-refractivity contribution in [2.24, 2.45) is 0 Å². The summed E-state index contributed by atoms with van der Waals surface area (Å²) >= 11 is 6.10. The Hall–Kier alpha value is -0.0831. The van der Waals surface area contributed by atoms with Crippen molar-refractivity contribution < 1.29 is 4.79 Å². The Morgan fingerprint density at radius 1 is 1.50 bits per heavy atom. The summed E-state index contributed by atoms with van der Waals surface area (Å²) in [4.78, 5) is 11.1. The van der Waals surface area contributed by atoms with E-state index in [-0.39, 0.29) is 5.78 Å². The zero-order valence-corrected chi connectivity index (χ0v) is 9.87. The number of halogens is 1. The highest BCUT2D eigenvalue weighted by Crippen LogP contribution is 2.18. The first-order chi connectivity index (χ1) is 5.33. The van der Waals surface area contributed by atoms with Gasteiger partial charge in [0.15, 0.2) is 13.2 Å². The standard InChI is InChI=1S/C9H17ClOSi/c1-8(2)9(11)6-5-7-12(3,4)10/h1,5-7H2,2-4H3. The van der Waals surface area contributed by atoms with Crippen LogP contribution in [-0.4, -0.2) is 13.2 Å². The molecule has 0 amide bonds. The van der Waals surface area contributed by atoms with Gasteiger partial charge in [-0.15, -0.1) is 0 Å². The molecule has 3 heteroatoms. The maximum absolute atomic E-state index is 11.1. The number of ketones is 1. The Balaban J connectivity index is 3.58. The topological polar surface area (TPSA) is 17.1 Å². The van der Waals surface area contributed by atoms with Crippen LogP contribution in [-0.2, 0) is 4.79 Å². The Kier molecular flexibility index (Phi) is 4.79. The van der Waals surface area contributed by atoms with Crippen molar-refractivity contribution in [1.82, 2.24) is 0 Å². The zero-order chi connectivity index (χ0) is 9.78. The molecule has 0 atom stereocenters. The van der Waals surface area contributed by atoms with Gasteiger partial charge < -0.3 is 0 Å². The van der Waals surface area contributed by atoms with Crippen molar-refractivity contribution in [3.05, 3.63) is 12.2 Å². The number of allylic oxidation sites excluding steroid dienone is 1. The lowest BCUT2D eigenvalue weighted by Gasteiger charge is -2.11. The number of carbonyl (C=O) groups is 1. The third-order valence-corrected chi connectivity index (χ3v) is 3.76. The fourth-order valence-electron chi connectivity index (χ4n) is 0.883. The smallest absolute Gasteiger partial charge is 0.157 e. The van der Waals surface area contributed by atoms with Crippen LogP contribution < -0.4 is 0 Å². The highest BCUT2D eigenvalue weighted by atomic mass is 35.6. The molecule has 0 N–H and O–H groups in total. The van der Waals surface area contributed by atoms with E-state index in [1.54, 1.807) is 6.92 Å². The van der Waals surface area contributed by atoms with Gasteiger partial charge in [0, 0.05) is 6.42 Å². The highest BCUT2D eigenvalue weighted by Gasteiger charge is 2.16. The second kappa shape index (κ2) is 4.82. The van der Waals surface area contributed by atoms with E-state index in [0.717, 1.165) is 12.5 Å². The summed E-state index contributed by atoms with van der Waals surface area (Å²) in [6, 6.07) is 1.01. The molecular weight excluding hydrogens is 188 g/mol. The zero-order valence-electron chi connectivity index (χ0n) is 8.11. The molecule has 12 heavy (non-hydrogen) atoms. The third kappa shape index (κ3) is 6.62. The van der Waals surface area contributed by atoms with E-state index < -0.39 is 7.38 Å². The van der Waals surface area contributed by atoms with Gasteiger partial charge in [-0.05, 0) is 25.0 Å². The van der Waals surface area contributed by atoms with Gasteiger partial charge in [0.2, 0.25) is 0 Å². The quantitative estimate of drug-likeness (QED) is 0.381. The van der Waals surface area contributed by atoms with Crippen molar-refractivity contribution in [2.75, 3.05) is 0 Å². The van der Waals surface area contributed by atoms with Gasteiger partial charge in [-0.1, -0.05) is 19.7 Å². The summed E-state index contributed by atoms with van der Waals surface area (Å²) in [5.41, 5.74) is 0.657. The van der Waals surface area contributed by atoms with E-state index in [0.29, 0.717) is 12.0 Å². The van der Waals surface area contributed by atoms with Crippen LogP contribution in [0.2, 0.25) is 19.1 Å². The van der Waals surface area contributed by atoms with Gasteiger partial charge in [0.05, 0.1) is 0 Å². The molecule has 0 bridgehead atoms. The van der Waals surface area contributed by atoms with E-state index in [1.807, 2.05) is 0 Å². The van der Waals surface area contributed by atoms with E-state index in [2.05, 4.69) is 19.7 Å². The molecule has 0 aromatic rings. The van der Waals surface area contributed by atoms with Crippen LogP contribution in [0, 0.1) is 0 Å². The summed E-state index contributed by atoms with van der Waals surface area (Å²) in [7, 11) is -1.47. The molecule has 0 aromatic carbocycles. The number of hydrogen-bond donors (Lipinski definition) is 0. The van der Waals surface area contributed by atoms with E-state index in [1.165, 1.54) is 0 Å². The first-order valence-corrected chi connectivity index (χ1v) is 8.42. The average Bonchev–Trinajstić information content (AvgIpc) is 1.84. The average molecular weight is 205 g/mol. The summed E-state index contributed by atoms with van der Waals surface area (Å²) in [5.74, 6) is 0.171. The summed E-state index contributed by atoms with van der Waals surface area (Å²) in [5, 5.41) is 0.